The van der Waals surface area contributed by atoms with Crippen molar-refractivity contribution in [1.29, 1.82) is 0 Å². The summed E-state index contributed by atoms with van der Waals surface area (Å²) in [5.74, 6) is 0.201. The predicted octanol–water partition coefficient (Wildman–Crippen LogP) is 4.00. The summed E-state index contributed by atoms with van der Waals surface area (Å²) in [6.45, 7) is 1.68. The van der Waals surface area contributed by atoms with Crippen LogP contribution in [-0.4, -0.2) is 11.8 Å². The fraction of sp³-hybridized carbons (Fsp3) is 0.389. The largest absolute Gasteiger partial charge is 0.301 e. The average molecular weight is 267 g/mol. The molecule has 0 saturated heterocycles. The van der Waals surface area contributed by atoms with Gasteiger partial charge in [0, 0.05) is 6.04 Å². The van der Waals surface area contributed by atoms with Gasteiger partial charge in [-0.3, -0.25) is 4.79 Å². The summed E-state index contributed by atoms with van der Waals surface area (Å²) in [4.78, 5) is 12.0. The van der Waals surface area contributed by atoms with E-state index in [2.05, 4.69) is 35.6 Å². The maximum absolute atomic E-state index is 12.0. The molecule has 1 saturated carbocycles. The molecular formula is C18H21NO. The number of carbonyl (C=O) groups is 1. The van der Waals surface area contributed by atoms with Crippen LogP contribution >= 0.6 is 0 Å². The predicted molar refractivity (Wildman–Crippen MR) is 82.8 cm³/mol. The molecule has 1 fully saturated rings. The Morgan fingerprint density at radius 3 is 2.50 bits per heavy atom. The lowest BCUT2D eigenvalue weighted by atomic mass is 9.98. The van der Waals surface area contributed by atoms with Gasteiger partial charge in [-0.05, 0) is 42.2 Å². The molecule has 0 amide bonds. The summed E-state index contributed by atoms with van der Waals surface area (Å²) in [7, 11) is 0. The van der Waals surface area contributed by atoms with Crippen molar-refractivity contribution < 1.29 is 4.79 Å². The number of Topliss-reactive ketones (excluding diaryl/α,β-unsaturated/α-hetero) is 1. The summed E-state index contributed by atoms with van der Waals surface area (Å²) >= 11 is 0. The van der Waals surface area contributed by atoms with E-state index in [4.69, 9.17) is 0 Å². The summed E-state index contributed by atoms with van der Waals surface area (Å²) in [5.41, 5.74) is 1.09. The summed E-state index contributed by atoms with van der Waals surface area (Å²) < 4.78 is 0. The zero-order valence-electron chi connectivity index (χ0n) is 11.9. The van der Waals surface area contributed by atoms with Crippen molar-refractivity contribution in [3.63, 3.8) is 0 Å². The molecule has 0 heterocycles. The van der Waals surface area contributed by atoms with Gasteiger partial charge in [-0.25, -0.2) is 0 Å². The van der Waals surface area contributed by atoms with Crippen molar-refractivity contribution in [2.45, 2.75) is 44.7 Å². The van der Waals surface area contributed by atoms with E-state index in [1.165, 1.54) is 36.5 Å². The molecule has 104 valence electrons. The van der Waals surface area contributed by atoms with E-state index in [-0.39, 0.29) is 11.8 Å². The van der Waals surface area contributed by atoms with E-state index >= 15 is 0 Å². The molecule has 2 aromatic carbocycles. The van der Waals surface area contributed by atoms with E-state index in [0.717, 1.165) is 5.56 Å². The SMILES string of the molecule is CC(=O)C(NC1CCCC1)c1ccc2ccccc2c1. The van der Waals surface area contributed by atoms with E-state index in [9.17, 15) is 4.79 Å². The van der Waals surface area contributed by atoms with Crippen molar-refractivity contribution in [3.05, 3.63) is 48.0 Å². The highest BCUT2D eigenvalue weighted by Crippen LogP contribution is 2.25. The van der Waals surface area contributed by atoms with Gasteiger partial charge in [-0.15, -0.1) is 0 Å². The molecule has 2 nitrogen and oxygen atoms in total. The first-order valence-electron chi connectivity index (χ1n) is 7.49. The van der Waals surface area contributed by atoms with Crippen LogP contribution in [0.2, 0.25) is 0 Å². The lowest BCUT2D eigenvalue weighted by molar-refractivity contribution is -0.119. The highest BCUT2D eigenvalue weighted by molar-refractivity contribution is 5.87. The summed E-state index contributed by atoms with van der Waals surface area (Å²) in [6, 6.07) is 15.0. The number of hydrogen-bond donors (Lipinski definition) is 1. The number of rotatable bonds is 4. The molecule has 1 unspecified atom stereocenters. The van der Waals surface area contributed by atoms with Gasteiger partial charge in [0.2, 0.25) is 0 Å². The second-order valence-electron chi connectivity index (χ2n) is 5.80. The quantitative estimate of drug-likeness (QED) is 0.907. The molecule has 20 heavy (non-hydrogen) atoms. The normalized spacial score (nSPS) is 17.4. The van der Waals surface area contributed by atoms with Crippen molar-refractivity contribution in [3.8, 4) is 0 Å². The van der Waals surface area contributed by atoms with Crippen LogP contribution in [0.4, 0.5) is 0 Å². The van der Waals surface area contributed by atoms with Crippen LogP contribution in [0.25, 0.3) is 10.8 Å². The van der Waals surface area contributed by atoms with Crippen LogP contribution in [0.3, 0.4) is 0 Å². The van der Waals surface area contributed by atoms with Crippen LogP contribution in [0.15, 0.2) is 42.5 Å². The fourth-order valence-corrected chi connectivity index (χ4v) is 3.16. The Morgan fingerprint density at radius 1 is 1.10 bits per heavy atom. The van der Waals surface area contributed by atoms with Gasteiger partial charge in [-0.2, -0.15) is 0 Å². The molecule has 1 N–H and O–H groups in total. The molecule has 2 heteroatoms. The number of hydrogen-bond acceptors (Lipinski definition) is 2. The Morgan fingerprint density at radius 2 is 1.80 bits per heavy atom. The molecule has 1 aliphatic rings. The van der Waals surface area contributed by atoms with Crippen molar-refractivity contribution >= 4 is 16.6 Å². The summed E-state index contributed by atoms with van der Waals surface area (Å²) in [5, 5.41) is 5.97. The molecule has 0 spiro atoms. The van der Waals surface area contributed by atoms with Gasteiger partial charge in [0.15, 0.2) is 5.78 Å². The van der Waals surface area contributed by atoms with Gasteiger partial charge < -0.3 is 5.32 Å². The van der Waals surface area contributed by atoms with Crippen molar-refractivity contribution in [2.24, 2.45) is 0 Å². The molecule has 0 radical (unpaired) electrons. The highest BCUT2D eigenvalue weighted by atomic mass is 16.1. The lowest BCUT2D eigenvalue weighted by Gasteiger charge is -2.21. The van der Waals surface area contributed by atoms with Crippen LogP contribution in [0.5, 0.6) is 0 Å². The third-order valence-corrected chi connectivity index (χ3v) is 4.27. The lowest BCUT2D eigenvalue weighted by Crippen LogP contribution is -2.34. The molecule has 0 bridgehead atoms. The Bertz CT molecular complexity index is 614. The zero-order valence-corrected chi connectivity index (χ0v) is 11.9. The molecule has 2 aromatic rings. The minimum atomic E-state index is -0.164. The van der Waals surface area contributed by atoms with E-state index in [1.54, 1.807) is 6.92 Å². The second-order valence-corrected chi connectivity index (χ2v) is 5.80. The first-order chi connectivity index (χ1) is 9.74. The molecule has 1 atom stereocenters. The topological polar surface area (TPSA) is 29.1 Å². The molecular weight excluding hydrogens is 246 g/mol. The maximum Gasteiger partial charge on any atom is 0.151 e. The Balaban J connectivity index is 1.89. The van der Waals surface area contributed by atoms with Crippen LogP contribution in [-0.2, 0) is 4.79 Å². The van der Waals surface area contributed by atoms with Gasteiger partial charge in [-0.1, -0.05) is 49.2 Å². The van der Waals surface area contributed by atoms with E-state index < -0.39 is 0 Å². The van der Waals surface area contributed by atoms with Gasteiger partial charge >= 0.3 is 0 Å². The standard InChI is InChI=1S/C18H21NO/c1-13(20)18(19-17-8-4-5-9-17)16-11-10-14-6-2-3-7-15(14)12-16/h2-3,6-7,10-12,17-19H,4-5,8-9H2,1H3. The van der Waals surface area contributed by atoms with Gasteiger partial charge in [0.1, 0.15) is 0 Å². The zero-order chi connectivity index (χ0) is 13.9. The first-order valence-corrected chi connectivity index (χ1v) is 7.49. The number of ketones is 1. The number of nitrogens with one attached hydrogen (secondary N) is 1. The summed E-state index contributed by atoms with van der Waals surface area (Å²) in [6.07, 6.45) is 4.94. The Labute approximate surface area is 120 Å². The number of carbonyl (C=O) groups excluding carboxylic acids is 1. The molecule has 1 aliphatic carbocycles. The Hall–Kier alpha value is -1.67. The highest BCUT2D eigenvalue weighted by Gasteiger charge is 2.23. The number of benzene rings is 2. The average Bonchev–Trinajstić information content (AvgIpc) is 2.97. The van der Waals surface area contributed by atoms with Gasteiger partial charge in [0.25, 0.3) is 0 Å². The van der Waals surface area contributed by atoms with Crippen molar-refractivity contribution in [1.82, 2.24) is 5.32 Å². The third kappa shape index (κ3) is 2.75. The van der Waals surface area contributed by atoms with E-state index in [1.807, 2.05) is 12.1 Å². The minimum Gasteiger partial charge on any atom is -0.301 e. The van der Waals surface area contributed by atoms with Crippen LogP contribution in [0, 0.1) is 0 Å². The minimum absolute atomic E-state index is 0.164. The van der Waals surface area contributed by atoms with Crippen LogP contribution < -0.4 is 5.32 Å². The van der Waals surface area contributed by atoms with Crippen LogP contribution in [0.1, 0.15) is 44.2 Å². The van der Waals surface area contributed by atoms with Crippen molar-refractivity contribution in [2.75, 3.05) is 0 Å². The molecule has 3 rings (SSSR count). The smallest absolute Gasteiger partial charge is 0.151 e. The molecule has 0 aromatic heterocycles. The fourth-order valence-electron chi connectivity index (χ4n) is 3.16. The Kier molecular flexibility index (Phi) is 3.83. The number of fused-ring (bicyclic) bond motifs is 1. The third-order valence-electron chi connectivity index (χ3n) is 4.27. The van der Waals surface area contributed by atoms with E-state index in [0.29, 0.717) is 6.04 Å². The second kappa shape index (κ2) is 5.76. The van der Waals surface area contributed by atoms with Gasteiger partial charge in [0.05, 0.1) is 6.04 Å². The monoisotopic (exact) mass is 267 g/mol. The molecule has 0 aliphatic heterocycles. The maximum atomic E-state index is 12.0. The first kappa shape index (κ1) is 13.3.